The van der Waals surface area contributed by atoms with Crippen LogP contribution in [0, 0.1) is 0 Å². The van der Waals surface area contributed by atoms with Crippen LogP contribution in [0.2, 0.25) is 0 Å². The highest BCUT2D eigenvalue weighted by Gasteiger charge is 2.37. The van der Waals surface area contributed by atoms with Crippen molar-refractivity contribution in [2.45, 2.75) is 53.0 Å². The van der Waals surface area contributed by atoms with Crippen molar-refractivity contribution in [3.8, 4) is 0 Å². The Morgan fingerprint density at radius 3 is 2.29 bits per heavy atom. The molecule has 1 aliphatic heterocycles. The van der Waals surface area contributed by atoms with Crippen molar-refractivity contribution in [1.82, 2.24) is 9.80 Å². The Hall–Kier alpha value is -1.25. The third kappa shape index (κ3) is 5.22. The highest BCUT2D eigenvalue weighted by atomic mass is 15.5. The minimum atomic E-state index is 0.138. The summed E-state index contributed by atoms with van der Waals surface area (Å²) in [6.45, 7) is 15.5. The molecule has 3 heteroatoms. The van der Waals surface area contributed by atoms with Gasteiger partial charge in [0.15, 0.2) is 0 Å². The van der Waals surface area contributed by atoms with Crippen LogP contribution in [0.4, 0.5) is 0 Å². The average Bonchev–Trinajstić information content (AvgIpc) is 2.80. The van der Waals surface area contributed by atoms with E-state index in [9.17, 15) is 0 Å². The van der Waals surface area contributed by atoms with Gasteiger partial charge in [-0.25, -0.2) is 0 Å². The van der Waals surface area contributed by atoms with Crippen molar-refractivity contribution in [3.63, 3.8) is 0 Å². The van der Waals surface area contributed by atoms with Crippen LogP contribution < -0.4 is 0 Å². The molecule has 1 rings (SSSR count). The fraction of sp³-hybridized carbons (Fsp3) is 0.722. The van der Waals surface area contributed by atoms with Crippen LogP contribution in [0.25, 0.3) is 0 Å². The second-order valence-corrected chi connectivity index (χ2v) is 6.68. The topological polar surface area (TPSA) is 9.49 Å². The molecule has 0 saturated heterocycles. The standard InChI is InChI=1S/C18H34N3/c1-7-9-11-13-20-15-16-21(14-12-10-8-2)17(20)19(6)18(3,4)5/h9-12H,7-8,13-16H2,1-6H3/q+1/b11-9+,12-10+. The molecule has 3 nitrogen and oxygen atoms in total. The zero-order valence-electron chi connectivity index (χ0n) is 14.9. The van der Waals surface area contributed by atoms with Crippen molar-refractivity contribution in [1.29, 1.82) is 0 Å². The van der Waals surface area contributed by atoms with Crippen molar-refractivity contribution in [2.75, 3.05) is 33.2 Å². The molecule has 21 heavy (non-hydrogen) atoms. The Morgan fingerprint density at radius 1 is 1.10 bits per heavy atom. The Labute approximate surface area is 131 Å². The van der Waals surface area contributed by atoms with Gasteiger partial charge >= 0.3 is 5.96 Å². The predicted octanol–water partition coefficient (Wildman–Crippen LogP) is 3.33. The molecule has 0 aromatic rings. The van der Waals surface area contributed by atoms with E-state index in [4.69, 9.17) is 0 Å². The normalized spacial score (nSPS) is 16.8. The van der Waals surface area contributed by atoms with Crippen LogP contribution in [0.15, 0.2) is 24.3 Å². The van der Waals surface area contributed by atoms with Crippen LogP contribution in [0.1, 0.15) is 47.5 Å². The van der Waals surface area contributed by atoms with Crippen LogP contribution in [-0.4, -0.2) is 59.1 Å². The summed E-state index contributed by atoms with van der Waals surface area (Å²) < 4.78 is 2.50. The molecule has 0 saturated carbocycles. The maximum absolute atomic E-state index is 2.50. The van der Waals surface area contributed by atoms with Crippen molar-refractivity contribution in [3.05, 3.63) is 24.3 Å². The number of rotatable bonds is 6. The van der Waals surface area contributed by atoms with E-state index in [2.05, 4.69) is 80.3 Å². The lowest BCUT2D eigenvalue weighted by Gasteiger charge is -2.31. The molecule has 1 aliphatic rings. The van der Waals surface area contributed by atoms with Gasteiger partial charge in [-0.1, -0.05) is 38.2 Å². The van der Waals surface area contributed by atoms with Gasteiger partial charge in [-0.05, 0) is 33.6 Å². The molecule has 120 valence electrons. The van der Waals surface area contributed by atoms with E-state index in [1.165, 1.54) is 5.96 Å². The van der Waals surface area contributed by atoms with Crippen molar-refractivity contribution >= 4 is 5.96 Å². The van der Waals surface area contributed by atoms with Gasteiger partial charge in [0, 0.05) is 0 Å². The summed E-state index contributed by atoms with van der Waals surface area (Å²) in [6.07, 6.45) is 11.3. The molecule has 0 aromatic heterocycles. The van der Waals surface area contributed by atoms with Gasteiger partial charge in [0.1, 0.15) is 0 Å². The molecular weight excluding hydrogens is 258 g/mol. The summed E-state index contributed by atoms with van der Waals surface area (Å²) in [5, 5.41) is 0. The minimum Gasteiger partial charge on any atom is -0.263 e. The SMILES string of the molecule is CC/C=C/CN1CC[N+](C/C=C/CC)=C1N(C)C(C)(C)C. The van der Waals surface area contributed by atoms with Crippen LogP contribution >= 0.6 is 0 Å². The third-order valence-corrected chi connectivity index (χ3v) is 3.97. The number of nitrogens with zero attached hydrogens (tertiary/aromatic N) is 3. The van der Waals surface area contributed by atoms with E-state index in [-0.39, 0.29) is 5.54 Å². The highest BCUT2D eigenvalue weighted by Crippen LogP contribution is 2.16. The maximum atomic E-state index is 2.50. The summed E-state index contributed by atoms with van der Waals surface area (Å²) in [5.41, 5.74) is 0.138. The quantitative estimate of drug-likeness (QED) is 0.549. The second-order valence-electron chi connectivity index (χ2n) is 6.68. The first-order valence-corrected chi connectivity index (χ1v) is 8.32. The van der Waals surface area contributed by atoms with Gasteiger partial charge in [-0.3, -0.25) is 14.4 Å². The first kappa shape index (κ1) is 17.8. The molecule has 0 radical (unpaired) electrons. The Kier molecular flexibility index (Phi) is 7.00. The van der Waals surface area contributed by atoms with Gasteiger partial charge in [0.05, 0.1) is 38.8 Å². The molecule has 0 atom stereocenters. The number of allylic oxidation sites excluding steroid dienone is 2. The largest absolute Gasteiger partial charge is 0.351 e. The maximum Gasteiger partial charge on any atom is 0.351 e. The molecule has 0 amide bonds. The lowest BCUT2D eigenvalue weighted by atomic mass is 10.1. The van der Waals surface area contributed by atoms with E-state index in [0.29, 0.717) is 0 Å². The molecule has 0 bridgehead atoms. The van der Waals surface area contributed by atoms with Crippen molar-refractivity contribution in [2.24, 2.45) is 0 Å². The van der Waals surface area contributed by atoms with Gasteiger partial charge < -0.3 is 0 Å². The molecule has 0 N–H and O–H groups in total. The predicted molar refractivity (Wildman–Crippen MR) is 93.0 cm³/mol. The smallest absolute Gasteiger partial charge is 0.263 e. The lowest BCUT2D eigenvalue weighted by Crippen LogP contribution is -2.51. The molecule has 1 heterocycles. The van der Waals surface area contributed by atoms with Gasteiger partial charge in [0.2, 0.25) is 0 Å². The zero-order chi connectivity index (χ0) is 15.9. The Balaban J connectivity index is 2.95. The number of hydrogen-bond donors (Lipinski definition) is 0. The Morgan fingerprint density at radius 2 is 1.71 bits per heavy atom. The summed E-state index contributed by atoms with van der Waals surface area (Å²) in [7, 11) is 2.22. The Bertz CT molecular complexity index is 399. The lowest BCUT2D eigenvalue weighted by molar-refractivity contribution is -0.512. The first-order chi connectivity index (χ1) is 9.91. The molecule has 0 spiro atoms. The van der Waals surface area contributed by atoms with Crippen LogP contribution in [0.3, 0.4) is 0 Å². The molecule has 0 aromatic carbocycles. The highest BCUT2D eigenvalue weighted by molar-refractivity contribution is 5.77. The van der Waals surface area contributed by atoms with Gasteiger partial charge in [0.25, 0.3) is 0 Å². The summed E-state index contributed by atoms with van der Waals surface area (Å²) in [5.74, 6) is 1.36. The first-order valence-electron chi connectivity index (χ1n) is 8.32. The summed E-state index contributed by atoms with van der Waals surface area (Å²) >= 11 is 0. The van der Waals surface area contributed by atoms with E-state index in [1.54, 1.807) is 0 Å². The molecular formula is C18H34N3+. The van der Waals surface area contributed by atoms with E-state index < -0.39 is 0 Å². The van der Waals surface area contributed by atoms with E-state index in [0.717, 1.165) is 39.0 Å². The van der Waals surface area contributed by atoms with E-state index in [1.807, 2.05) is 0 Å². The minimum absolute atomic E-state index is 0.138. The fourth-order valence-corrected chi connectivity index (χ4v) is 2.45. The number of hydrogen-bond acceptors (Lipinski definition) is 2. The monoisotopic (exact) mass is 292 g/mol. The van der Waals surface area contributed by atoms with Crippen molar-refractivity contribution < 1.29 is 4.58 Å². The summed E-state index contributed by atoms with van der Waals surface area (Å²) in [6, 6.07) is 0. The van der Waals surface area contributed by atoms with Crippen LogP contribution in [-0.2, 0) is 0 Å². The zero-order valence-corrected chi connectivity index (χ0v) is 14.9. The van der Waals surface area contributed by atoms with Crippen LogP contribution in [0.5, 0.6) is 0 Å². The second kappa shape index (κ2) is 8.26. The van der Waals surface area contributed by atoms with E-state index >= 15 is 0 Å². The number of guanidine groups is 1. The third-order valence-electron chi connectivity index (χ3n) is 3.97. The van der Waals surface area contributed by atoms with Gasteiger partial charge in [-0.15, -0.1) is 0 Å². The molecule has 0 unspecified atom stereocenters. The molecule has 0 fully saturated rings. The fourth-order valence-electron chi connectivity index (χ4n) is 2.45. The molecule has 0 aliphatic carbocycles. The summed E-state index contributed by atoms with van der Waals surface area (Å²) in [4.78, 5) is 4.91. The van der Waals surface area contributed by atoms with Gasteiger partial charge in [-0.2, -0.15) is 0 Å². The average molecular weight is 292 g/mol.